The first-order valence-corrected chi connectivity index (χ1v) is 6.15. The molecule has 0 aliphatic heterocycles. The van der Waals surface area contributed by atoms with E-state index in [9.17, 15) is 4.79 Å². The van der Waals surface area contributed by atoms with Crippen LogP contribution in [0.2, 0.25) is 0 Å². The number of hydrogen-bond donors (Lipinski definition) is 0. The van der Waals surface area contributed by atoms with Gasteiger partial charge < -0.3 is 0 Å². The highest BCUT2D eigenvalue weighted by molar-refractivity contribution is 9.10. The third kappa shape index (κ3) is 2.61. The van der Waals surface area contributed by atoms with E-state index in [0.717, 1.165) is 10.0 Å². The summed E-state index contributed by atoms with van der Waals surface area (Å²) in [6.45, 7) is 2.64. The highest BCUT2D eigenvalue weighted by Gasteiger charge is 2.16. The van der Waals surface area contributed by atoms with Crippen LogP contribution in [0.1, 0.15) is 23.0 Å². The maximum atomic E-state index is 12.2. The zero-order chi connectivity index (χ0) is 12.3. The summed E-state index contributed by atoms with van der Waals surface area (Å²) in [7, 11) is 0. The lowest BCUT2D eigenvalue weighted by atomic mass is 10.1. The van der Waals surface area contributed by atoms with E-state index in [1.807, 2.05) is 19.1 Å². The van der Waals surface area contributed by atoms with Crippen LogP contribution in [0.5, 0.6) is 0 Å². The molecule has 0 aromatic carbocycles. The molecule has 0 aliphatic carbocycles. The lowest BCUT2D eigenvalue weighted by Gasteiger charge is -2.04. The predicted molar refractivity (Wildman–Crippen MR) is 67.9 cm³/mol. The highest BCUT2D eigenvalue weighted by atomic mass is 79.9. The third-order valence-electron chi connectivity index (χ3n) is 2.45. The van der Waals surface area contributed by atoms with Gasteiger partial charge in [-0.05, 0) is 34.5 Å². The Morgan fingerprint density at radius 1 is 1.47 bits per heavy atom. The number of Topliss-reactive ketones (excluding diaryl/α,β-unsaturated/α-hetero) is 1. The molecule has 0 saturated carbocycles. The maximum absolute atomic E-state index is 12.2. The summed E-state index contributed by atoms with van der Waals surface area (Å²) < 4.78 is 2.44. The number of pyridine rings is 1. The molecule has 88 valence electrons. The molecule has 17 heavy (non-hydrogen) atoms. The molecule has 0 fully saturated rings. The molecule has 2 rings (SSSR count). The van der Waals surface area contributed by atoms with Gasteiger partial charge in [0.15, 0.2) is 5.78 Å². The largest absolute Gasteiger partial charge is 0.292 e. The van der Waals surface area contributed by atoms with Crippen molar-refractivity contribution in [3.8, 4) is 0 Å². The lowest BCUT2D eigenvalue weighted by molar-refractivity contribution is 0.0982. The van der Waals surface area contributed by atoms with Crippen molar-refractivity contribution in [3.63, 3.8) is 0 Å². The van der Waals surface area contributed by atoms with E-state index in [-0.39, 0.29) is 5.78 Å². The molecule has 0 bridgehead atoms. The van der Waals surface area contributed by atoms with Crippen molar-refractivity contribution >= 4 is 21.7 Å². The molecule has 0 radical (unpaired) electrons. The van der Waals surface area contributed by atoms with Crippen LogP contribution in [0.15, 0.2) is 35.2 Å². The van der Waals surface area contributed by atoms with Gasteiger partial charge in [-0.1, -0.05) is 6.07 Å². The van der Waals surface area contributed by atoms with Crippen molar-refractivity contribution in [1.29, 1.82) is 0 Å². The minimum Gasteiger partial charge on any atom is -0.292 e. The van der Waals surface area contributed by atoms with E-state index in [1.165, 1.54) is 0 Å². The second-order valence-electron chi connectivity index (χ2n) is 3.62. The number of rotatable bonds is 4. The minimum absolute atomic E-state index is 0.0456. The quantitative estimate of drug-likeness (QED) is 0.814. The Labute approximate surface area is 108 Å². The summed E-state index contributed by atoms with van der Waals surface area (Å²) in [4.78, 5) is 16.2. The van der Waals surface area contributed by atoms with Gasteiger partial charge in [-0.15, -0.1) is 0 Å². The van der Waals surface area contributed by atoms with Crippen LogP contribution in [0.4, 0.5) is 0 Å². The molecule has 2 aromatic heterocycles. The Morgan fingerprint density at radius 3 is 2.94 bits per heavy atom. The normalized spacial score (nSPS) is 10.5. The van der Waals surface area contributed by atoms with Crippen molar-refractivity contribution in [1.82, 2.24) is 14.8 Å². The van der Waals surface area contributed by atoms with E-state index in [1.54, 1.807) is 23.3 Å². The number of nitrogens with zero attached hydrogens (tertiary/aromatic N) is 3. The Hall–Kier alpha value is -1.49. The van der Waals surface area contributed by atoms with E-state index < -0.39 is 0 Å². The number of aromatic nitrogens is 3. The van der Waals surface area contributed by atoms with E-state index in [0.29, 0.717) is 18.7 Å². The molecular formula is C12H12BrN3O. The molecule has 2 aromatic rings. The van der Waals surface area contributed by atoms with Gasteiger partial charge in [-0.25, -0.2) is 0 Å². The van der Waals surface area contributed by atoms with E-state index >= 15 is 0 Å². The number of carbonyl (C=O) groups excluding carboxylic acids is 1. The fraction of sp³-hybridized carbons (Fsp3) is 0.250. The summed E-state index contributed by atoms with van der Waals surface area (Å²) in [6.07, 6.45) is 5.40. The van der Waals surface area contributed by atoms with Gasteiger partial charge in [0.1, 0.15) is 5.69 Å². The molecule has 0 saturated heterocycles. The molecule has 0 unspecified atom stereocenters. The Bertz CT molecular complexity index is 522. The molecule has 4 nitrogen and oxygen atoms in total. The van der Waals surface area contributed by atoms with Crippen LogP contribution in [-0.4, -0.2) is 20.5 Å². The fourth-order valence-electron chi connectivity index (χ4n) is 1.65. The maximum Gasteiger partial charge on any atom is 0.186 e. The lowest BCUT2D eigenvalue weighted by Crippen LogP contribution is -2.12. The summed E-state index contributed by atoms with van der Waals surface area (Å²) in [5.74, 6) is 0.0456. The van der Waals surface area contributed by atoms with Crippen molar-refractivity contribution in [3.05, 3.63) is 46.5 Å². The summed E-state index contributed by atoms with van der Waals surface area (Å²) in [5.41, 5.74) is 1.53. The highest BCUT2D eigenvalue weighted by Crippen LogP contribution is 2.18. The molecule has 0 atom stereocenters. The van der Waals surface area contributed by atoms with Gasteiger partial charge in [0.05, 0.1) is 10.7 Å². The number of halogens is 1. The minimum atomic E-state index is 0.0456. The average molecular weight is 294 g/mol. The molecule has 0 amide bonds. The van der Waals surface area contributed by atoms with Crippen LogP contribution in [0.25, 0.3) is 0 Å². The van der Waals surface area contributed by atoms with Crippen molar-refractivity contribution in [2.24, 2.45) is 0 Å². The average Bonchev–Trinajstić information content (AvgIpc) is 2.71. The summed E-state index contributed by atoms with van der Waals surface area (Å²) in [5, 5.41) is 4.13. The zero-order valence-electron chi connectivity index (χ0n) is 9.43. The van der Waals surface area contributed by atoms with E-state index in [4.69, 9.17) is 0 Å². The molecule has 0 N–H and O–H groups in total. The van der Waals surface area contributed by atoms with Crippen LogP contribution in [0.3, 0.4) is 0 Å². The van der Waals surface area contributed by atoms with Crippen molar-refractivity contribution in [2.45, 2.75) is 19.9 Å². The SMILES string of the molecule is CCn1ncc(Br)c1C(=O)Cc1cccnc1. The number of aryl methyl sites for hydroxylation is 1. The van der Waals surface area contributed by atoms with E-state index in [2.05, 4.69) is 26.0 Å². The van der Waals surface area contributed by atoms with Crippen molar-refractivity contribution in [2.75, 3.05) is 0 Å². The first-order valence-electron chi connectivity index (χ1n) is 5.35. The monoisotopic (exact) mass is 293 g/mol. The molecule has 5 heteroatoms. The second-order valence-corrected chi connectivity index (χ2v) is 4.47. The van der Waals surface area contributed by atoms with Gasteiger partial charge in [0.25, 0.3) is 0 Å². The van der Waals surface area contributed by atoms with Crippen molar-refractivity contribution < 1.29 is 4.79 Å². The van der Waals surface area contributed by atoms with Gasteiger partial charge in [0, 0.05) is 25.4 Å². The smallest absolute Gasteiger partial charge is 0.186 e. The standard InChI is InChI=1S/C12H12BrN3O/c1-2-16-12(10(13)8-15-16)11(17)6-9-4-3-5-14-7-9/h3-5,7-8H,2,6H2,1H3. The first-order chi connectivity index (χ1) is 8.22. The Kier molecular flexibility index (Phi) is 3.68. The van der Waals surface area contributed by atoms with Crippen LogP contribution < -0.4 is 0 Å². The van der Waals surface area contributed by atoms with Gasteiger partial charge in [-0.2, -0.15) is 5.10 Å². The molecule has 0 aliphatic rings. The van der Waals surface area contributed by atoms with Crippen LogP contribution >= 0.6 is 15.9 Å². The second kappa shape index (κ2) is 5.23. The van der Waals surface area contributed by atoms with Crippen LogP contribution in [-0.2, 0) is 13.0 Å². The third-order valence-corrected chi connectivity index (χ3v) is 3.03. The topological polar surface area (TPSA) is 47.8 Å². The molecule has 0 spiro atoms. The summed E-state index contributed by atoms with van der Waals surface area (Å²) in [6, 6.07) is 3.72. The fourth-order valence-corrected chi connectivity index (χ4v) is 2.17. The van der Waals surface area contributed by atoms with Gasteiger partial charge >= 0.3 is 0 Å². The zero-order valence-corrected chi connectivity index (χ0v) is 11.0. The van der Waals surface area contributed by atoms with Gasteiger partial charge in [-0.3, -0.25) is 14.5 Å². The molecular weight excluding hydrogens is 282 g/mol. The number of hydrogen-bond acceptors (Lipinski definition) is 3. The number of carbonyl (C=O) groups is 1. The predicted octanol–water partition coefficient (Wildman–Crippen LogP) is 2.49. The molecule has 2 heterocycles. The summed E-state index contributed by atoms with van der Waals surface area (Å²) >= 11 is 3.35. The Morgan fingerprint density at radius 2 is 2.29 bits per heavy atom. The number of ketones is 1. The van der Waals surface area contributed by atoms with Crippen LogP contribution in [0, 0.1) is 0 Å². The van der Waals surface area contributed by atoms with Gasteiger partial charge in [0.2, 0.25) is 0 Å². The Balaban J connectivity index is 2.23. The first kappa shape index (κ1) is 12.0.